The molecule has 108 valence electrons. The smallest absolute Gasteiger partial charge is 0.213 e. The Bertz CT molecular complexity index is 522. The van der Waals surface area contributed by atoms with Crippen molar-refractivity contribution < 1.29 is 4.42 Å². The summed E-state index contributed by atoms with van der Waals surface area (Å²) in [6, 6.07) is 8.47. The normalized spacial score (nSPS) is 10.6. The molecule has 0 aliphatic heterocycles. The van der Waals surface area contributed by atoms with Crippen LogP contribution in [-0.4, -0.2) is 18.1 Å². The van der Waals surface area contributed by atoms with E-state index in [0.717, 1.165) is 36.1 Å². The van der Waals surface area contributed by atoms with Gasteiger partial charge < -0.3 is 14.6 Å². The Hall–Kier alpha value is -1.97. The molecule has 0 aliphatic rings. The van der Waals surface area contributed by atoms with Gasteiger partial charge in [0.2, 0.25) is 5.89 Å². The van der Waals surface area contributed by atoms with Crippen molar-refractivity contribution >= 4 is 11.4 Å². The van der Waals surface area contributed by atoms with Gasteiger partial charge in [0.1, 0.15) is 5.76 Å². The van der Waals surface area contributed by atoms with Gasteiger partial charge in [0, 0.05) is 24.5 Å². The van der Waals surface area contributed by atoms with E-state index in [1.165, 1.54) is 5.69 Å². The lowest BCUT2D eigenvalue weighted by Gasteiger charge is -2.21. The molecule has 0 radical (unpaired) electrons. The molecule has 1 N–H and O–H groups in total. The molecule has 0 amide bonds. The fourth-order valence-corrected chi connectivity index (χ4v) is 2.17. The number of anilines is 2. The summed E-state index contributed by atoms with van der Waals surface area (Å²) in [5.41, 5.74) is 3.29. The molecule has 0 atom stereocenters. The Kier molecular flexibility index (Phi) is 4.66. The van der Waals surface area contributed by atoms with Gasteiger partial charge in [-0.1, -0.05) is 0 Å². The van der Waals surface area contributed by atoms with Gasteiger partial charge in [-0.15, -0.1) is 0 Å². The first-order valence-corrected chi connectivity index (χ1v) is 7.15. The minimum absolute atomic E-state index is 0.610. The maximum absolute atomic E-state index is 5.55. The molecule has 1 heterocycles. The molecule has 1 aromatic carbocycles. The molecule has 0 saturated carbocycles. The minimum atomic E-state index is 0.610. The second-order valence-corrected chi connectivity index (χ2v) is 4.82. The summed E-state index contributed by atoms with van der Waals surface area (Å²) in [6.45, 7) is 10.9. The summed E-state index contributed by atoms with van der Waals surface area (Å²) in [4.78, 5) is 6.68. The van der Waals surface area contributed by atoms with Crippen molar-refractivity contribution in [2.45, 2.75) is 34.2 Å². The number of aromatic nitrogens is 1. The lowest BCUT2D eigenvalue weighted by Crippen LogP contribution is -2.21. The van der Waals surface area contributed by atoms with Crippen LogP contribution in [0.25, 0.3) is 0 Å². The van der Waals surface area contributed by atoms with E-state index in [1.807, 2.05) is 13.8 Å². The van der Waals surface area contributed by atoms with Crippen molar-refractivity contribution in [1.82, 2.24) is 4.98 Å². The Labute approximate surface area is 120 Å². The molecule has 0 aliphatic carbocycles. The van der Waals surface area contributed by atoms with Crippen LogP contribution >= 0.6 is 0 Å². The van der Waals surface area contributed by atoms with E-state index < -0.39 is 0 Å². The third-order valence-electron chi connectivity index (χ3n) is 3.51. The predicted molar refractivity (Wildman–Crippen MR) is 83.3 cm³/mol. The molecular weight excluding hydrogens is 250 g/mol. The van der Waals surface area contributed by atoms with Crippen molar-refractivity contribution in [3.8, 4) is 0 Å². The molecule has 0 unspecified atom stereocenters. The van der Waals surface area contributed by atoms with E-state index >= 15 is 0 Å². The monoisotopic (exact) mass is 273 g/mol. The van der Waals surface area contributed by atoms with Crippen molar-refractivity contribution in [3.63, 3.8) is 0 Å². The topological polar surface area (TPSA) is 41.3 Å². The number of oxazole rings is 1. The van der Waals surface area contributed by atoms with Crippen molar-refractivity contribution in [3.05, 3.63) is 41.6 Å². The van der Waals surface area contributed by atoms with E-state index in [4.69, 9.17) is 4.42 Å². The molecule has 0 bridgehead atoms. The maximum Gasteiger partial charge on any atom is 0.213 e. The summed E-state index contributed by atoms with van der Waals surface area (Å²) in [5, 5.41) is 3.33. The molecular formula is C16H23N3O. The summed E-state index contributed by atoms with van der Waals surface area (Å²) < 4.78 is 5.55. The molecule has 4 heteroatoms. The van der Waals surface area contributed by atoms with Crippen LogP contribution in [0.3, 0.4) is 0 Å². The molecule has 2 rings (SSSR count). The Morgan fingerprint density at radius 1 is 1.10 bits per heavy atom. The zero-order chi connectivity index (χ0) is 14.5. The van der Waals surface area contributed by atoms with Crippen LogP contribution < -0.4 is 10.2 Å². The average Bonchev–Trinajstić information content (AvgIpc) is 2.78. The van der Waals surface area contributed by atoms with E-state index in [0.29, 0.717) is 6.54 Å². The number of nitrogens with one attached hydrogen (secondary N) is 1. The number of hydrogen-bond acceptors (Lipinski definition) is 4. The molecule has 4 nitrogen and oxygen atoms in total. The number of nitrogens with zero attached hydrogens (tertiary/aromatic N) is 2. The summed E-state index contributed by atoms with van der Waals surface area (Å²) in [7, 11) is 0. The van der Waals surface area contributed by atoms with Crippen LogP contribution in [0.15, 0.2) is 28.7 Å². The Morgan fingerprint density at radius 2 is 1.75 bits per heavy atom. The van der Waals surface area contributed by atoms with Crippen LogP contribution in [-0.2, 0) is 6.54 Å². The fraction of sp³-hybridized carbons (Fsp3) is 0.438. The van der Waals surface area contributed by atoms with E-state index in [2.05, 4.69) is 53.3 Å². The molecule has 20 heavy (non-hydrogen) atoms. The first-order valence-electron chi connectivity index (χ1n) is 7.15. The van der Waals surface area contributed by atoms with Crippen LogP contribution in [0.1, 0.15) is 31.2 Å². The van der Waals surface area contributed by atoms with Gasteiger partial charge >= 0.3 is 0 Å². The van der Waals surface area contributed by atoms with E-state index in [1.54, 1.807) is 0 Å². The first-order chi connectivity index (χ1) is 9.63. The first kappa shape index (κ1) is 14.4. The third-order valence-corrected chi connectivity index (χ3v) is 3.51. The number of rotatable bonds is 6. The zero-order valence-electron chi connectivity index (χ0n) is 12.7. The van der Waals surface area contributed by atoms with E-state index in [-0.39, 0.29) is 0 Å². The van der Waals surface area contributed by atoms with Crippen molar-refractivity contribution in [2.24, 2.45) is 0 Å². The van der Waals surface area contributed by atoms with Gasteiger partial charge in [-0.3, -0.25) is 0 Å². The van der Waals surface area contributed by atoms with Crippen LogP contribution in [0.4, 0.5) is 11.4 Å². The second kappa shape index (κ2) is 6.46. The number of hydrogen-bond donors (Lipinski definition) is 1. The van der Waals surface area contributed by atoms with Gasteiger partial charge in [-0.05, 0) is 52.0 Å². The molecule has 0 fully saturated rings. The standard InChI is InChI=1S/C16H23N3O/c1-5-19(6-2)15-9-7-14(8-10-15)17-11-16-18-12(3)13(4)20-16/h7-10,17H,5-6,11H2,1-4H3. The molecule has 1 aromatic heterocycles. The van der Waals surface area contributed by atoms with Gasteiger partial charge in [0.05, 0.1) is 12.2 Å². The number of benzene rings is 1. The summed E-state index contributed by atoms with van der Waals surface area (Å²) in [6.07, 6.45) is 0. The fourth-order valence-electron chi connectivity index (χ4n) is 2.17. The Morgan fingerprint density at radius 3 is 2.25 bits per heavy atom. The molecule has 0 saturated heterocycles. The third kappa shape index (κ3) is 3.32. The highest BCUT2D eigenvalue weighted by Gasteiger charge is 2.05. The van der Waals surface area contributed by atoms with Crippen LogP contribution in [0.2, 0.25) is 0 Å². The molecule has 0 spiro atoms. The van der Waals surface area contributed by atoms with Crippen molar-refractivity contribution in [1.29, 1.82) is 0 Å². The zero-order valence-corrected chi connectivity index (χ0v) is 12.7. The highest BCUT2D eigenvalue weighted by Crippen LogP contribution is 2.18. The summed E-state index contributed by atoms with van der Waals surface area (Å²) in [5.74, 6) is 1.62. The van der Waals surface area contributed by atoms with E-state index in [9.17, 15) is 0 Å². The van der Waals surface area contributed by atoms with Crippen LogP contribution in [0, 0.1) is 13.8 Å². The van der Waals surface area contributed by atoms with Crippen LogP contribution in [0.5, 0.6) is 0 Å². The average molecular weight is 273 g/mol. The van der Waals surface area contributed by atoms with Gasteiger partial charge in [-0.2, -0.15) is 0 Å². The second-order valence-electron chi connectivity index (χ2n) is 4.82. The highest BCUT2D eigenvalue weighted by molar-refractivity contribution is 5.55. The molecule has 2 aromatic rings. The summed E-state index contributed by atoms with van der Waals surface area (Å²) >= 11 is 0. The van der Waals surface area contributed by atoms with Crippen molar-refractivity contribution in [2.75, 3.05) is 23.3 Å². The van der Waals surface area contributed by atoms with Gasteiger partial charge in [0.25, 0.3) is 0 Å². The lowest BCUT2D eigenvalue weighted by atomic mass is 10.2. The number of aryl methyl sites for hydroxylation is 2. The van der Waals surface area contributed by atoms with Gasteiger partial charge in [-0.25, -0.2) is 4.98 Å². The minimum Gasteiger partial charge on any atom is -0.444 e. The lowest BCUT2D eigenvalue weighted by molar-refractivity contribution is 0.478. The Balaban J connectivity index is 1.97. The quantitative estimate of drug-likeness (QED) is 0.870. The van der Waals surface area contributed by atoms with Gasteiger partial charge in [0.15, 0.2) is 0 Å². The maximum atomic E-state index is 5.55. The largest absolute Gasteiger partial charge is 0.444 e. The highest BCUT2D eigenvalue weighted by atomic mass is 16.4. The SMILES string of the molecule is CCN(CC)c1ccc(NCc2nc(C)c(C)o2)cc1. The predicted octanol–water partition coefficient (Wildman–Crippen LogP) is 3.75.